The molecule has 1 amide bonds. The fourth-order valence-corrected chi connectivity index (χ4v) is 4.29. The van der Waals surface area contributed by atoms with Gasteiger partial charge in [-0.3, -0.25) is 4.79 Å². The predicted octanol–water partition coefficient (Wildman–Crippen LogP) is 4.38. The molecule has 32 heavy (non-hydrogen) atoms. The molecule has 170 valence electrons. The van der Waals surface area contributed by atoms with Crippen LogP contribution in [0.2, 0.25) is 0 Å². The van der Waals surface area contributed by atoms with Crippen molar-refractivity contribution in [2.75, 3.05) is 33.2 Å². The molecule has 1 saturated heterocycles. The molecule has 0 N–H and O–H groups in total. The molecule has 1 aliphatic heterocycles. The van der Waals surface area contributed by atoms with E-state index in [1.165, 1.54) is 12.1 Å². The van der Waals surface area contributed by atoms with Crippen LogP contribution in [0.25, 0.3) is 5.65 Å². The smallest absolute Gasteiger partial charge is 0.340 e. The first-order valence-corrected chi connectivity index (χ1v) is 10.9. The summed E-state index contributed by atoms with van der Waals surface area (Å²) in [6, 6.07) is 11.2. The Labute approximate surface area is 185 Å². The normalized spacial score (nSPS) is 15.9. The van der Waals surface area contributed by atoms with Crippen LogP contribution in [-0.4, -0.2) is 58.3 Å². The van der Waals surface area contributed by atoms with E-state index in [-0.39, 0.29) is 5.91 Å². The Hall–Kier alpha value is -2.87. The second-order valence-corrected chi connectivity index (χ2v) is 8.51. The molecule has 4 rings (SSSR count). The van der Waals surface area contributed by atoms with Crippen molar-refractivity contribution in [2.45, 2.75) is 25.4 Å². The van der Waals surface area contributed by atoms with Crippen molar-refractivity contribution >= 4 is 11.6 Å². The fourth-order valence-electron chi connectivity index (χ4n) is 4.29. The zero-order valence-electron chi connectivity index (χ0n) is 18.1. The maximum Gasteiger partial charge on any atom is 0.416 e. The van der Waals surface area contributed by atoms with Crippen molar-refractivity contribution in [3.05, 3.63) is 71.7 Å². The van der Waals surface area contributed by atoms with E-state index in [1.54, 1.807) is 17.2 Å². The molecule has 1 aliphatic rings. The van der Waals surface area contributed by atoms with Crippen molar-refractivity contribution < 1.29 is 18.0 Å². The number of carbonyl (C=O) groups is 1. The number of imidazole rings is 1. The van der Waals surface area contributed by atoms with Crippen molar-refractivity contribution in [2.24, 2.45) is 5.92 Å². The van der Waals surface area contributed by atoms with Crippen molar-refractivity contribution in [3.8, 4) is 0 Å². The molecule has 0 aliphatic carbocycles. The van der Waals surface area contributed by atoms with Gasteiger partial charge in [0.15, 0.2) is 0 Å². The molecule has 3 heterocycles. The lowest BCUT2D eigenvalue weighted by molar-refractivity contribution is -0.137. The molecule has 2 aromatic heterocycles. The maximum atomic E-state index is 12.9. The number of amides is 1. The number of benzene rings is 1. The minimum atomic E-state index is -4.30. The van der Waals surface area contributed by atoms with Gasteiger partial charge in [-0.25, -0.2) is 4.98 Å². The SMILES string of the molecule is CN(CC1CCN(CCc2cccc(C(F)(F)F)c2)CC1)C(=O)c1cn2ccccc2n1. The molecule has 0 saturated carbocycles. The first kappa shape index (κ1) is 22.3. The Morgan fingerprint density at radius 2 is 1.94 bits per heavy atom. The Morgan fingerprint density at radius 3 is 2.66 bits per heavy atom. The van der Waals surface area contributed by atoms with Gasteiger partial charge in [-0.1, -0.05) is 24.3 Å². The molecule has 5 nitrogen and oxygen atoms in total. The standard InChI is InChI=1S/C24H27F3N4O/c1-29(23(32)21-17-31-11-3-2-7-22(31)28-21)16-19-9-13-30(14-10-19)12-8-18-5-4-6-20(15-18)24(25,26)27/h2-7,11,15,17,19H,8-10,12-14,16H2,1H3. The first-order chi connectivity index (χ1) is 15.3. The lowest BCUT2D eigenvalue weighted by Crippen LogP contribution is -2.40. The molecule has 8 heteroatoms. The zero-order valence-corrected chi connectivity index (χ0v) is 18.1. The highest BCUT2D eigenvalue weighted by Crippen LogP contribution is 2.29. The number of nitrogens with zero attached hydrogens (tertiary/aromatic N) is 4. The number of pyridine rings is 1. The maximum absolute atomic E-state index is 12.9. The van der Waals surface area contributed by atoms with E-state index in [1.807, 2.05) is 35.8 Å². The van der Waals surface area contributed by atoms with Gasteiger partial charge < -0.3 is 14.2 Å². The topological polar surface area (TPSA) is 40.9 Å². The number of rotatable bonds is 6. The Kier molecular flexibility index (Phi) is 6.50. The average molecular weight is 445 g/mol. The highest BCUT2D eigenvalue weighted by molar-refractivity contribution is 5.92. The minimum absolute atomic E-state index is 0.0827. The fraction of sp³-hybridized carbons (Fsp3) is 0.417. The van der Waals surface area contributed by atoms with Crippen LogP contribution >= 0.6 is 0 Å². The molecular formula is C24H27F3N4O. The van der Waals surface area contributed by atoms with Crippen LogP contribution in [0, 0.1) is 5.92 Å². The summed E-state index contributed by atoms with van der Waals surface area (Å²) in [5, 5.41) is 0. The largest absolute Gasteiger partial charge is 0.416 e. The van der Waals surface area contributed by atoms with Gasteiger partial charge in [0.2, 0.25) is 0 Å². The van der Waals surface area contributed by atoms with Gasteiger partial charge in [0.05, 0.1) is 5.56 Å². The number of hydrogen-bond donors (Lipinski definition) is 0. The summed E-state index contributed by atoms with van der Waals surface area (Å²) >= 11 is 0. The third-order valence-corrected chi connectivity index (χ3v) is 6.14. The molecule has 0 radical (unpaired) electrons. The number of carbonyl (C=O) groups excluding carboxylic acids is 1. The van der Waals surface area contributed by atoms with E-state index in [4.69, 9.17) is 0 Å². The Balaban J connectivity index is 1.24. The lowest BCUT2D eigenvalue weighted by atomic mass is 9.95. The number of fused-ring (bicyclic) bond motifs is 1. The number of likely N-dealkylation sites (tertiary alicyclic amines) is 1. The van der Waals surface area contributed by atoms with Gasteiger partial charge >= 0.3 is 6.18 Å². The van der Waals surface area contributed by atoms with E-state index in [9.17, 15) is 18.0 Å². The third-order valence-electron chi connectivity index (χ3n) is 6.14. The second kappa shape index (κ2) is 9.32. The summed E-state index contributed by atoms with van der Waals surface area (Å²) in [5.74, 6) is 0.325. The van der Waals surface area contributed by atoms with E-state index in [2.05, 4.69) is 9.88 Å². The Morgan fingerprint density at radius 1 is 1.16 bits per heavy atom. The van der Waals surface area contributed by atoms with Gasteiger partial charge in [-0.15, -0.1) is 0 Å². The van der Waals surface area contributed by atoms with Gasteiger partial charge in [0, 0.05) is 32.5 Å². The summed E-state index contributed by atoms with van der Waals surface area (Å²) in [6.07, 6.45) is 1.84. The minimum Gasteiger partial charge on any atom is -0.340 e. The van der Waals surface area contributed by atoms with E-state index >= 15 is 0 Å². The summed E-state index contributed by atoms with van der Waals surface area (Å²) in [4.78, 5) is 21.2. The van der Waals surface area contributed by atoms with Crippen molar-refractivity contribution in [1.29, 1.82) is 0 Å². The second-order valence-electron chi connectivity index (χ2n) is 8.51. The quantitative estimate of drug-likeness (QED) is 0.567. The summed E-state index contributed by atoms with van der Waals surface area (Å²) in [5.41, 5.74) is 1.31. The van der Waals surface area contributed by atoms with E-state index in [0.717, 1.165) is 44.2 Å². The number of piperidine rings is 1. The van der Waals surface area contributed by atoms with Crippen LogP contribution in [0.15, 0.2) is 54.9 Å². The first-order valence-electron chi connectivity index (χ1n) is 10.9. The number of alkyl halides is 3. The molecule has 0 atom stereocenters. The van der Waals surface area contributed by atoms with Crippen LogP contribution in [0.1, 0.15) is 34.5 Å². The number of aromatic nitrogens is 2. The lowest BCUT2D eigenvalue weighted by Gasteiger charge is -2.33. The van der Waals surface area contributed by atoms with Crippen LogP contribution < -0.4 is 0 Å². The number of hydrogen-bond acceptors (Lipinski definition) is 3. The van der Waals surface area contributed by atoms with Crippen LogP contribution in [0.4, 0.5) is 13.2 Å². The molecule has 0 spiro atoms. The molecule has 0 bridgehead atoms. The highest BCUT2D eigenvalue weighted by Gasteiger charge is 2.30. The molecule has 3 aromatic rings. The predicted molar refractivity (Wildman–Crippen MR) is 116 cm³/mol. The van der Waals surface area contributed by atoms with Crippen LogP contribution in [0.3, 0.4) is 0 Å². The molecule has 0 unspecified atom stereocenters. The van der Waals surface area contributed by atoms with Crippen LogP contribution in [-0.2, 0) is 12.6 Å². The van der Waals surface area contributed by atoms with Gasteiger partial charge in [0.25, 0.3) is 5.91 Å². The Bertz CT molecular complexity index is 1040. The summed E-state index contributed by atoms with van der Waals surface area (Å²) in [7, 11) is 1.81. The number of halogens is 3. The van der Waals surface area contributed by atoms with Crippen molar-refractivity contribution in [3.63, 3.8) is 0 Å². The summed E-state index contributed by atoms with van der Waals surface area (Å²) in [6.45, 7) is 3.19. The van der Waals surface area contributed by atoms with Crippen LogP contribution in [0.5, 0.6) is 0 Å². The van der Waals surface area contributed by atoms with Gasteiger partial charge in [-0.05, 0) is 62.0 Å². The van der Waals surface area contributed by atoms with Gasteiger partial charge in [-0.2, -0.15) is 13.2 Å². The monoisotopic (exact) mass is 444 g/mol. The molecule has 1 aromatic carbocycles. The average Bonchev–Trinajstić information content (AvgIpc) is 3.22. The molecular weight excluding hydrogens is 417 g/mol. The van der Waals surface area contributed by atoms with Crippen molar-refractivity contribution in [1.82, 2.24) is 19.2 Å². The third kappa shape index (κ3) is 5.30. The highest BCUT2D eigenvalue weighted by atomic mass is 19.4. The van der Waals surface area contributed by atoms with E-state index < -0.39 is 11.7 Å². The van der Waals surface area contributed by atoms with Gasteiger partial charge in [0.1, 0.15) is 11.3 Å². The summed E-state index contributed by atoms with van der Waals surface area (Å²) < 4.78 is 40.5. The molecule has 1 fully saturated rings. The van der Waals surface area contributed by atoms with E-state index in [0.29, 0.717) is 30.1 Å². The zero-order chi connectivity index (χ0) is 22.7.